The van der Waals surface area contributed by atoms with Gasteiger partial charge in [-0.15, -0.1) is 11.8 Å². The second kappa shape index (κ2) is 12.4. The van der Waals surface area contributed by atoms with Crippen molar-refractivity contribution in [2.45, 2.75) is 30.1 Å². The first-order valence-corrected chi connectivity index (χ1v) is 13.2. The van der Waals surface area contributed by atoms with Crippen LogP contribution in [-0.4, -0.2) is 54.6 Å². The molecule has 33 heavy (non-hydrogen) atoms. The van der Waals surface area contributed by atoms with Crippen molar-refractivity contribution in [3.63, 3.8) is 0 Å². The number of hydrogen-bond donors (Lipinski definition) is 2. The fraction of sp³-hybridized carbons (Fsp3) is 0.379. The van der Waals surface area contributed by atoms with E-state index in [2.05, 4.69) is 101 Å². The van der Waals surface area contributed by atoms with Crippen molar-refractivity contribution in [3.8, 4) is 0 Å². The zero-order chi connectivity index (χ0) is 22.8. The molecule has 0 saturated carbocycles. The Kier molecular flexibility index (Phi) is 9.01. The summed E-state index contributed by atoms with van der Waals surface area (Å²) in [7, 11) is 0. The minimum absolute atomic E-state index is 0.237. The number of rotatable bonds is 11. The van der Waals surface area contributed by atoms with E-state index in [-0.39, 0.29) is 11.4 Å². The van der Waals surface area contributed by atoms with Crippen LogP contribution in [-0.2, 0) is 4.75 Å². The number of nitrogens with zero attached hydrogens (tertiary/aromatic N) is 1. The molecule has 3 aromatic carbocycles. The Hall–Kier alpha value is -2.11. The molecule has 3 nitrogen and oxygen atoms in total. The maximum absolute atomic E-state index is 9.94. The van der Waals surface area contributed by atoms with Crippen LogP contribution in [0.3, 0.4) is 0 Å². The molecule has 0 radical (unpaired) electrons. The van der Waals surface area contributed by atoms with Crippen LogP contribution in [0.25, 0.3) is 0 Å². The lowest BCUT2D eigenvalue weighted by Gasteiger charge is -2.36. The molecular weight excluding hydrogens is 424 g/mol. The standard InChI is InChI=1S/C29H36N2OS/c32-24-28(31-21-19-30-20-22-31)18-10-11-23-33-29(25-12-4-1-5-13-25,26-14-6-2-7-15-26)27-16-8-3-9-17-27/h1-9,12-17,28,30,32H,10-11,18-24H2. The summed E-state index contributed by atoms with van der Waals surface area (Å²) in [6, 6.07) is 33.1. The average molecular weight is 461 g/mol. The summed E-state index contributed by atoms with van der Waals surface area (Å²) in [4.78, 5) is 2.45. The van der Waals surface area contributed by atoms with Gasteiger partial charge in [0.2, 0.25) is 0 Å². The van der Waals surface area contributed by atoms with Crippen molar-refractivity contribution < 1.29 is 5.11 Å². The van der Waals surface area contributed by atoms with E-state index in [0.29, 0.717) is 6.04 Å². The Bertz CT molecular complexity index is 833. The molecule has 0 aliphatic carbocycles. The Labute approximate surface area is 203 Å². The maximum atomic E-state index is 9.94. The molecule has 1 atom stereocenters. The van der Waals surface area contributed by atoms with Crippen molar-refractivity contribution in [2.75, 3.05) is 38.5 Å². The molecule has 1 aliphatic rings. The number of aliphatic hydroxyl groups is 1. The summed E-state index contributed by atoms with van der Waals surface area (Å²) in [6.45, 7) is 4.40. The second-order valence-electron chi connectivity index (χ2n) is 8.75. The van der Waals surface area contributed by atoms with E-state index in [0.717, 1.165) is 51.2 Å². The summed E-state index contributed by atoms with van der Waals surface area (Å²) in [5, 5.41) is 13.3. The molecule has 1 heterocycles. The van der Waals surface area contributed by atoms with Gasteiger partial charge in [0.25, 0.3) is 0 Å². The Morgan fingerprint density at radius 3 is 1.70 bits per heavy atom. The van der Waals surface area contributed by atoms with Gasteiger partial charge >= 0.3 is 0 Å². The lowest BCUT2D eigenvalue weighted by Crippen LogP contribution is -2.49. The molecule has 2 N–H and O–H groups in total. The van der Waals surface area contributed by atoms with E-state index in [9.17, 15) is 5.11 Å². The Morgan fingerprint density at radius 2 is 1.24 bits per heavy atom. The molecule has 0 bridgehead atoms. The average Bonchev–Trinajstić information content (AvgIpc) is 2.91. The van der Waals surface area contributed by atoms with E-state index >= 15 is 0 Å². The van der Waals surface area contributed by atoms with E-state index in [1.165, 1.54) is 16.7 Å². The van der Waals surface area contributed by atoms with Gasteiger partial charge in [0.05, 0.1) is 11.4 Å². The van der Waals surface area contributed by atoms with E-state index in [4.69, 9.17) is 0 Å². The third-order valence-corrected chi connectivity index (χ3v) is 8.30. The number of nitrogens with one attached hydrogen (secondary N) is 1. The minimum atomic E-state index is -0.237. The molecular formula is C29H36N2OS. The molecule has 4 rings (SSSR count). The Balaban J connectivity index is 1.51. The number of thioether (sulfide) groups is 1. The van der Waals surface area contributed by atoms with Crippen LogP contribution in [0, 0.1) is 0 Å². The summed E-state index contributed by atoms with van der Waals surface area (Å²) < 4.78 is -0.237. The predicted octanol–water partition coefficient (Wildman–Crippen LogP) is 5.15. The van der Waals surface area contributed by atoms with Gasteiger partial charge in [-0.05, 0) is 35.3 Å². The molecule has 1 saturated heterocycles. The van der Waals surface area contributed by atoms with Crippen LogP contribution in [0.4, 0.5) is 0 Å². The normalized spacial score (nSPS) is 15.9. The van der Waals surface area contributed by atoms with Crippen LogP contribution in [0.15, 0.2) is 91.0 Å². The van der Waals surface area contributed by atoms with Gasteiger partial charge in [0.15, 0.2) is 0 Å². The third-order valence-electron chi connectivity index (χ3n) is 6.67. The van der Waals surface area contributed by atoms with Crippen molar-refractivity contribution >= 4 is 11.8 Å². The molecule has 174 valence electrons. The van der Waals surface area contributed by atoms with Crippen molar-refractivity contribution in [1.29, 1.82) is 0 Å². The summed E-state index contributed by atoms with van der Waals surface area (Å²) >= 11 is 2.04. The topological polar surface area (TPSA) is 35.5 Å². The molecule has 1 unspecified atom stereocenters. The zero-order valence-corrected chi connectivity index (χ0v) is 20.2. The highest BCUT2D eigenvalue weighted by Crippen LogP contribution is 2.48. The van der Waals surface area contributed by atoms with Crippen LogP contribution in [0.2, 0.25) is 0 Å². The van der Waals surface area contributed by atoms with Crippen LogP contribution in [0.5, 0.6) is 0 Å². The summed E-state index contributed by atoms with van der Waals surface area (Å²) in [5.74, 6) is 1.07. The highest BCUT2D eigenvalue weighted by molar-refractivity contribution is 8.00. The quantitative estimate of drug-likeness (QED) is 0.306. The molecule has 1 fully saturated rings. The lowest BCUT2D eigenvalue weighted by atomic mass is 9.84. The highest BCUT2D eigenvalue weighted by Gasteiger charge is 2.36. The van der Waals surface area contributed by atoms with Crippen LogP contribution in [0.1, 0.15) is 36.0 Å². The number of unbranched alkanes of at least 4 members (excludes halogenated alkanes) is 1. The molecule has 4 heteroatoms. The highest BCUT2D eigenvalue weighted by atomic mass is 32.2. The first-order chi connectivity index (χ1) is 16.3. The third kappa shape index (κ3) is 5.88. The largest absolute Gasteiger partial charge is 0.395 e. The van der Waals surface area contributed by atoms with Crippen molar-refractivity contribution in [2.24, 2.45) is 0 Å². The molecule has 3 aromatic rings. The van der Waals surface area contributed by atoms with E-state index < -0.39 is 0 Å². The van der Waals surface area contributed by atoms with Crippen LogP contribution < -0.4 is 5.32 Å². The SMILES string of the molecule is OCC(CCCCSC(c1ccccc1)(c1ccccc1)c1ccccc1)N1CCNCC1. The number of aliphatic hydroxyl groups excluding tert-OH is 1. The van der Waals surface area contributed by atoms with E-state index in [1.54, 1.807) is 0 Å². The van der Waals surface area contributed by atoms with E-state index in [1.807, 2.05) is 11.8 Å². The lowest BCUT2D eigenvalue weighted by molar-refractivity contribution is 0.103. The minimum Gasteiger partial charge on any atom is -0.395 e. The fourth-order valence-electron chi connectivity index (χ4n) is 4.91. The van der Waals surface area contributed by atoms with Gasteiger partial charge in [-0.3, -0.25) is 4.90 Å². The zero-order valence-electron chi connectivity index (χ0n) is 19.4. The first-order valence-electron chi connectivity index (χ1n) is 12.2. The Morgan fingerprint density at radius 1 is 0.758 bits per heavy atom. The number of hydrogen-bond acceptors (Lipinski definition) is 4. The molecule has 0 spiro atoms. The smallest absolute Gasteiger partial charge is 0.0906 e. The second-order valence-corrected chi connectivity index (χ2v) is 10.1. The monoisotopic (exact) mass is 460 g/mol. The summed E-state index contributed by atoms with van der Waals surface area (Å²) in [6.07, 6.45) is 3.34. The van der Waals surface area contributed by atoms with Gasteiger partial charge < -0.3 is 10.4 Å². The van der Waals surface area contributed by atoms with Gasteiger partial charge in [-0.2, -0.15) is 0 Å². The predicted molar refractivity (Wildman–Crippen MR) is 141 cm³/mol. The number of benzene rings is 3. The molecule has 0 amide bonds. The van der Waals surface area contributed by atoms with Crippen LogP contribution >= 0.6 is 11.8 Å². The fourth-order valence-corrected chi connectivity index (χ4v) is 6.48. The first kappa shape index (κ1) is 24.0. The molecule has 0 aromatic heterocycles. The van der Waals surface area contributed by atoms with Gasteiger partial charge in [0, 0.05) is 32.2 Å². The summed E-state index contributed by atoms with van der Waals surface area (Å²) in [5.41, 5.74) is 3.96. The van der Waals surface area contributed by atoms with Gasteiger partial charge in [0.1, 0.15) is 0 Å². The van der Waals surface area contributed by atoms with Gasteiger partial charge in [-0.1, -0.05) is 97.4 Å². The van der Waals surface area contributed by atoms with Crippen molar-refractivity contribution in [3.05, 3.63) is 108 Å². The van der Waals surface area contributed by atoms with Gasteiger partial charge in [-0.25, -0.2) is 0 Å². The van der Waals surface area contributed by atoms with Crippen molar-refractivity contribution in [1.82, 2.24) is 10.2 Å². The molecule has 1 aliphatic heterocycles. The number of piperazine rings is 1. The maximum Gasteiger partial charge on any atom is 0.0906 e.